The average Bonchev–Trinajstić information content (AvgIpc) is 2.73. The Hall–Kier alpha value is -2.33. The molecule has 2 aromatic carbocycles. The summed E-state index contributed by atoms with van der Waals surface area (Å²) in [5.74, 6) is -0.679. The second-order valence-corrected chi connectivity index (χ2v) is 7.53. The molecule has 0 bridgehead atoms. The van der Waals surface area contributed by atoms with Crippen molar-refractivity contribution >= 4 is 23.1 Å². The SMILES string of the molecule is CCCc1ccc(C(=O)OC2CC=C(c3ccc(OCC)c(F)c3Cl)CC2)cc1. The van der Waals surface area contributed by atoms with Crippen LogP contribution in [0.4, 0.5) is 4.39 Å². The molecule has 0 radical (unpaired) electrons. The van der Waals surface area contributed by atoms with Gasteiger partial charge in [0.1, 0.15) is 6.10 Å². The van der Waals surface area contributed by atoms with Crippen molar-refractivity contribution in [3.05, 3.63) is 70.0 Å². The zero-order valence-corrected chi connectivity index (χ0v) is 17.6. The highest BCUT2D eigenvalue weighted by Crippen LogP contribution is 2.36. The van der Waals surface area contributed by atoms with Crippen LogP contribution < -0.4 is 4.74 Å². The highest BCUT2D eigenvalue weighted by molar-refractivity contribution is 6.32. The van der Waals surface area contributed by atoms with E-state index in [0.717, 1.165) is 18.4 Å². The number of hydrogen-bond acceptors (Lipinski definition) is 3. The number of carbonyl (C=O) groups excluding carboxylic acids is 1. The number of esters is 1. The number of allylic oxidation sites excluding steroid dienone is 1. The molecule has 2 aromatic rings. The molecule has 0 saturated heterocycles. The van der Waals surface area contributed by atoms with Crippen molar-refractivity contribution in [2.75, 3.05) is 6.61 Å². The van der Waals surface area contributed by atoms with E-state index >= 15 is 0 Å². The third kappa shape index (κ3) is 5.18. The molecule has 154 valence electrons. The summed E-state index contributed by atoms with van der Waals surface area (Å²) in [4.78, 5) is 12.4. The number of rotatable bonds is 7. The maximum absolute atomic E-state index is 14.4. The van der Waals surface area contributed by atoms with Gasteiger partial charge in [-0.2, -0.15) is 0 Å². The molecule has 0 amide bonds. The lowest BCUT2D eigenvalue weighted by Crippen LogP contribution is -2.20. The van der Waals surface area contributed by atoms with Crippen molar-refractivity contribution < 1.29 is 18.7 Å². The van der Waals surface area contributed by atoms with Gasteiger partial charge in [0.15, 0.2) is 11.6 Å². The third-order valence-electron chi connectivity index (χ3n) is 5.06. The molecule has 1 aliphatic carbocycles. The lowest BCUT2D eigenvalue weighted by atomic mass is 9.91. The molecule has 3 rings (SSSR count). The monoisotopic (exact) mass is 416 g/mol. The first-order valence-corrected chi connectivity index (χ1v) is 10.5. The Balaban J connectivity index is 1.63. The Morgan fingerprint density at radius 2 is 1.93 bits per heavy atom. The minimum Gasteiger partial charge on any atom is -0.491 e. The van der Waals surface area contributed by atoms with Crippen LogP contribution in [0.25, 0.3) is 5.57 Å². The van der Waals surface area contributed by atoms with Crippen molar-refractivity contribution in [2.45, 2.75) is 52.1 Å². The molecule has 0 aliphatic heterocycles. The topological polar surface area (TPSA) is 35.5 Å². The zero-order valence-electron chi connectivity index (χ0n) is 16.8. The lowest BCUT2D eigenvalue weighted by molar-refractivity contribution is 0.0285. The molecule has 0 heterocycles. The number of hydrogen-bond donors (Lipinski definition) is 0. The molecular weight excluding hydrogens is 391 g/mol. The summed E-state index contributed by atoms with van der Waals surface area (Å²) >= 11 is 6.22. The number of benzene rings is 2. The van der Waals surface area contributed by atoms with Crippen LogP contribution in [0.3, 0.4) is 0 Å². The van der Waals surface area contributed by atoms with Crippen molar-refractivity contribution in [1.29, 1.82) is 0 Å². The van der Waals surface area contributed by atoms with Crippen molar-refractivity contribution in [3.63, 3.8) is 0 Å². The summed E-state index contributed by atoms with van der Waals surface area (Å²) in [6.45, 7) is 4.30. The normalized spacial score (nSPS) is 16.3. The maximum atomic E-state index is 14.4. The molecular formula is C24H26ClFO3. The van der Waals surface area contributed by atoms with E-state index in [2.05, 4.69) is 6.92 Å². The summed E-state index contributed by atoms with van der Waals surface area (Å²) < 4.78 is 25.3. The summed E-state index contributed by atoms with van der Waals surface area (Å²) in [6, 6.07) is 11.0. The second kappa shape index (κ2) is 9.93. The highest BCUT2D eigenvalue weighted by Gasteiger charge is 2.22. The number of aryl methyl sites for hydroxylation is 1. The van der Waals surface area contributed by atoms with Gasteiger partial charge in [-0.05, 0) is 67.2 Å². The van der Waals surface area contributed by atoms with Gasteiger partial charge in [-0.1, -0.05) is 43.2 Å². The number of halogens is 2. The highest BCUT2D eigenvalue weighted by atomic mass is 35.5. The van der Waals surface area contributed by atoms with Gasteiger partial charge in [0, 0.05) is 6.42 Å². The molecule has 1 aliphatic rings. The minimum atomic E-state index is -0.535. The van der Waals surface area contributed by atoms with Gasteiger partial charge in [0.05, 0.1) is 17.2 Å². The van der Waals surface area contributed by atoms with Crippen LogP contribution in [-0.4, -0.2) is 18.7 Å². The van der Waals surface area contributed by atoms with E-state index in [9.17, 15) is 9.18 Å². The van der Waals surface area contributed by atoms with E-state index in [1.54, 1.807) is 19.1 Å². The minimum absolute atomic E-state index is 0.0739. The van der Waals surface area contributed by atoms with Crippen LogP contribution in [0.15, 0.2) is 42.5 Å². The molecule has 29 heavy (non-hydrogen) atoms. The smallest absolute Gasteiger partial charge is 0.338 e. The quantitative estimate of drug-likeness (QED) is 0.475. The fourth-order valence-corrected chi connectivity index (χ4v) is 3.80. The standard InChI is InChI=1S/C24H26ClFO3/c1-3-5-16-6-8-18(9-7-16)24(27)29-19-12-10-17(11-13-19)20-14-15-21(28-4-2)23(26)22(20)25/h6-10,14-15,19H,3-5,11-13H2,1-2H3. The van der Waals surface area contributed by atoms with Crippen LogP contribution in [0.1, 0.15) is 61.0 Å². The van der Waals surface area contributed by atoms with Crippen molar-refractivity contribution in [1.82, 2.24) is 0 Å². The van der Waals surface area contributed by atoms with E-state index in [4.69, 9.17) is 21.1 Å². The Kier molecular flexibility index (Phi) is 7.32. The van der Waals surface area contributed by atoms with Gasteiger partial charge >= 0.3 is 5.97 Å². The average molecular weight is 417 g/mol. The van der Waals surface area contributed by atoms with E-state index in [0.29, 0.717) is 37.0 Å². The molecule has 5 heteroatoms. The predicted molar refractivity (Wildman–Crippen MR) is 114 cm³/mol. The van der Waals surface area contributed by atoms with Gasteiger partial charge < -0.3 is 9.47 Å². The fraction of sp³-hybridized carbons (Fsp3) is 0.375. The Bertz CT molecular complexity index is 890. The number of carbonyl (C=O) groups is 1. The summed E-state index contributed by atoms with van der Waals surface area (Å²) in [6.07, 6.45) is 5.79. The Morgan fingerprint density at radius 1 is 1.17 bits per heavy atom. The van der Waals surface area contributed by atoms with Gasteiger partial charge in [-0.15, -0.1) is 0 Å². The van der Waals surface area contributed by atoms with Crippen LogP contribution in [0.5, 0.6) is 5.75 Å². The van der Waals surface area contributed by atoms with E-state index in [-0.39, 0.29) is 22.8 Å². The first-order valence-electron chi connectivity index (χ1n) is 10.1. The third-order valence-corrected chi connectivity index (χ3v) is 5.43. The van der Waals surface area contributed by atoms with E-state index in [1.165, 1.54) is 5.56 Å². The second-order valence-electron chi connectivity index (χ2n) is 7.15. The van der Waals surface area contributed by atoms with Gasteiger partial charge in [0.25, 0.3) is 0 Å². The molecule has 3 nitrogen and oxygen atoms in total. The maximum Gasteiger partial charge on any atom is 0.338 e. The molecule has 0 N–H and O–H groups in total. The van der Waals surface area contributed by atoms with Crippen molar-refractivity contribution in [2.24, 2.45) is 0 Å². The van der Waals surface area contributed by atoms with Crippen LogP contribution in [0.2, 0.25) is 5.02 Å². The van der Waals surface area contributed by atoms with E-state index < -0.39 is 5.82 Å². The first-order chi connectivity index (χ1) is 14.0. The molecule has 1 atom stereocenters. The molecule has 0 aromatic heterocycles. The van der Waals surface area contributed by atoms with Gasteiger partial charge in [-0.25, -0.2) is 9.18 Å². The number of ether oxygens (including phenoxy) is 2. The van der Waals surface area contributed by atoms with Gasteiger partial charge in [-0.3, -0.25) is 0 Å². The predicted octanol–water partition coefficient (Wildman–Crippen LogP) is 6.62. The summed E-state index contributed by atoms with van der Waals surface area (Å²) in [7, 11) is 0. The molecule has 0 spiro atoms. The fourth-order valence-electron chi connectivity index (χ4n) is 3.52. The van der Waals surface area contributed by atoms with Crippen LogP contribution in [0, 0.1) is 5.82 Å². The molecule has 0 fully saturated rings. The summed E-state index contributed by atoms with van der Waals surface area (Å²) in [5.41, 5.74) is 3.42. The van der Waals surface area contributed by atoms with Crippen LogP contribution in [-0.2, 0) is 11.2 Å². The molecule has 1 unspecified atom stereocenters. The molecule has 0 saturated carbocycles. The largest absolute Gasteiger partial charge is 0.491 e. The van der Waals surface area contributed by atoms with Gasteiger partial charge in [0.2, 0.25) is 0 Å². The zero-order chi connectivity index (χ0) is 20.8. The Labute approximate surface area is 176 Å². The Morgan fingerprint density at radius 3 is 2.55 bits per heavy atom. The van der Waals surface area contributed by atoms with Crippen LogP contribution >= 0.6 is 11.6 Å². The van der Waals surface area contributed by atoms with E-state index in [1.807, 2.05) is 30.3 Å². The lowest BCUT2D eigenvalue weighted by Gasteiger charge is -2.23. The summed E-state index contributed by atoms with van der Waals surface area (Å²) in [5, 5.41) is 0.0739. The first kappa shape index (κ1) is 21.4. The van der Waals surface area contributed by atoms with Crippen molar-refractivity contribution in [3.8, 4) is 5.75 Å².